The van der Waals surface area contributed by atoms with Crippen molar-refractivity contribution in [1.82, 2.24) is 19.4 Å². The molecule has 2 heterocycles. The van der Waals surface area contributed by atoms with E-state index in [2.05, 4.69) is 29.5 Å². The molecule has 0 saturated carbocycles. The molecule has 0 spiro atoms. The number of hydrogen-bond donors (Lipinski definition) is 0. The van der Waals surface area contributed by atoms with Gasteiger partial charge in [-0.1, -0.05) is 37.2 Å². The molecule has 1 aliphatic heterocycles. The van der Waals surface area contributed by atoms with Crippen LogP contribution in [0.1, 0.15) is 39.5 Å². The Morgan fingerprint density at radius 3 is 2.62 bits per heavy atom. The van der Waals surface area contributed by atoms with Gasteiger partial charge in [0, 0.05) is 39.1 Å². The van der Waals surface area contributed by atoms with Crippen LogP contribution in [-0.2, 0) is 16.1 Å². The molecule has 6 nitrogen and oxygen atoms in total. The smallest absolute Gasteiger partial charge is 0.233 e. The Labute approximate surface area is 177 Å². The van der Waals surface area contributed by atoms with Gasteiger partial charge in [0.05, 0.1) is 16.8 Å². The molecule has 1 aromatic heterocycles. The first-order chi connectivity index (χ1) is 14.0. The first kappa shape index (κ1) is 21.7. The standard InChI is InChI=1S/C22H32N4O2S/c1-4-6-13-24(3)21(28)17-11-14-25(15-12-17)20(27)16-29-22-23-18-9-7-8-10-19(18)26(22)5-2/h7-10,17H,4-6,11-16H2,1-3H3. The largest absolute Gasteiger partial charge is 0.346 e. The van der Waals surface area contributed by atoms with Crippen LogP contribution in [0.15, 0.2) is 29.4 Å². The zero-order chi connectivity index (χ0) is 20.8. The molecular formula is C22H32N4O2S. The molecule has 0 bridgehead atoms. The van der Waals surface area contributed by atoms with Gasteiger partial charge >= 0.3 is 0 Å². The molecular weight excluding hydrogens is 384 g/mol. The number of piperidine rings is 1. The highest BCUT2D eigenvalue weighted by Gasteiger charge is 2.29. The number of thioether (sulfide) groups is 1. The lowest BCUT2D eigenvalue weighted by atomic mass is 9.95. The van der Waals surface area contributed by atoms with Gasteiger partial charge in [-0.2, -0.15) is 0 Å². The fraction of sp³-hybridized carbons (Fsp3) is 0.591. The third-order valence-electron chi connectivity index (χ3n) is 5.68. The number of nitrogens with zero attached hydrogens (tertiary/aromatic N) is 4. The summed E-state index contributed by atoms with van der Waals surface area (Å²) in [6.07, 6.45) is 3.66. The van der Waals surface area contributed by atoms with E-state index in [1.54, 1.807) is 0 Å². The molecule has 1 saturated heterocycles. The van der Waals surface area contributed by atoms with Crippen LogP contribution < -0.4 is 0 Å². The summed E-state index contributed by atoms with van der Waals surface area (Å²) in [5.41, 5.74) is 2.08. The van der Waals surface area contributed by atoms with Crippen molar-refractivity contribution in [2.24, 2.45) is 5.92 Å². The van der Waals surface area contributed by atoms with E-state index >= 15 is 0 Å². The first-order valence-corrected chi connectivity index (χ1v) is 11.6. The molecule has 29 heavy (non-hydrogen) atoms. The predicted octanol–water partition coefficient (Wildman–Crippen LogP) is 3.65. The summed E-state index contributed by atoms with van der Waals surface area (Å²) in [5, 5.41) is 0.893. The number of unbranched alkanes of at least 4 members (excludes halogenated alkanes) is 1. The van der Waals surface area contributed by atoms with Gasteiger partial charge in [-0.3, -0.25) is 9.59 Å². The van der Waals surface area contributed by atoms with E-state index in [0.29, 0.717) is 18.8 Å². The second-order valence-corrected chi connectivity index (χ2v) is 8.63. The molecule has 1 aromatic carbocycles. The molecule has 3 rings (SSSR count). The van der Waals surface area contributed by atoms with Crippen LogP contribution >= 0.6 is 11.8 Å². The molecule has 2 amide bonds. The van der Waals surface area contributed by atoms with Crippen molar-refractivity contribution in [3.05, 3.63) is 24.3 Å². The second-order valence-electron chi connectivity index (χ2n) is 7.68. The third-order valence-corrected chi connectivity index (χ3v) is 6.64. The van der Waals surface area contributed by atoms with Gasteiger partial charge in [0.1, 0.15) is 0 Å². The Kier molecular flexibility index (Phi) is 7.58. The van der Waals surface area contributed by atoms with E-state index in [-0.39, 0.29) is 17.7 Å². The molecule has 1 aliphatic rings. The highest BCUT2D eigenvalue weighted by Crippen LogP contribution is 2.25. The number of benzene rings is 1. The van der Waals surface area contributed by atoms with E-state index < -0.39 is 0 Å². The monoisotopic (exact) mass is 416 g/mol. The molecule has 7 heteroatoms. The number of carbonyl (C=O) groups is 2. The summed E-state index contributed by atoms with van der Waals surface area (Å²) < 4.78 is 2.16. The Morgan fingerprint density at radius 2 is 1.93 bits per heavy atom. The van der Waals surface area contributed by atoms with Crippen molar-refractivity contribution >= 4 is 34.6 Å². The van der Waals surface area contributed by atoms with Crippen LogP contribution in [0, 0.1) is 5.92 Å². The Hall–Kier alpha value is -2.02. The lowest BCUT2D eigenvalue weighted by Gasteiger charge is -2.33. The van der Waals surface area contributed by atoms with E-state index in [4.69, 9.17) is 0 Å². The zero-order valence-corrected chi connectivity index (χ0v) is 18.6. The molecule has 2 aromatic rings. The number of aromatic nitrogens is 2. The van der Waals surface area contributed by atoms with Crippen LogP contribution in [0.5, 0.6) is 0 Å². The molecule has 0 aliphatic carbocycles. The summed E-state index contributed by atoms with van der Waals surface area (Å²) in [4.78, 5) is 33.7. The number of fused-ring (bicyclic) bond motifs is 1. The third kappa shape index (κ3) is 5.13. The molecule has 1 fully saturated rings. The van der Waals surface area contributed by atoms with Crippen molar-refractivity contribution < 1.29 is 9.59 Å². The van der Waals surface area contributed by atoms with Crippen LogP contribution in [0.4, 0.5) is 0 Å². The number of para-hydroxylation sites is 2. The number of hydrogen-bond acceptors (Lipinski definition) is 4. The Balaban J connectivity index is 1.51. The minimum absolute atomic E-state index is 0.0536. The van der Waals surface area contributed by atoms with Gasteiger partial charge < -0.3 is 14.4 Å². The van der Waals surface area contributed by atoms with Gasteiger partial charge in [-0.05, 0) is 38.3 Å². The lowest BCUT2D eigenvalue weighted by molar-refractivity contribution is -0.138. The minimum Gasteiger partial charge on any atom is -0.346 e. The molecule has 0 N–H and O–H groups in total. The van der Waals surface area contributed by atoms with E-state index in [0.717, 1.165) is 55.0 Å². The maximum absolute atomic E-state index is 12.7. The fourth-order valence-electron chi connectivity index (χ4n) is 3.88. The Bertz CT molecular complexity index is 842. The first-order valence-electron chi connectivity index (χ1n) is 10.7. The van der Waals surface area contributed by atoms with Crippen LogP contribution in [0.3, 0.4) is 0 Å². The van der Waals surface area contributed by atoms with Gasteiger partial charge in [0.2, 0.25) is 11.8 Å². The van der Waals surface area contributed by atoms with Crippen molar-refractivity contribution in [2.75, 3.05) is 32.4 Å². The molecule has 158 valence electrons. The van der Waals surface area contributed by atoms with Gasteiger partial charge in [0.15, 0.2) is 5.16 Å². The van der Waals surface area contributed by atoms with Crippen molar-refractivity contribution in [3.63, 3.8) is 0 Å². The highest BCUT2D eigenvalue weighted by molar-refractivity contribution is 7.99. The average molecular weight is 417 g/mol. The van der Waals surface area contributed by atoms with E-state index in [1.165, 1.54) is 11.8 Å². The van der Waals surface area contributed by atoms with Crippen LogP contribution in [0.2, 0.25) is 0 Å². The summed E-state index contributed by atoms with van der Waals surface area (Å²) >= 11 is 1.51. The van der Waals surface area contributed by atoms with Crippen LogP contribution in [0.25, 0.3) is 11.0 Å². The summed E-state index contributed by atoms with van der Waals surface area (Å²) in [6, 6.07) is 8.07. The Morgan fingerprint density at radius 1 is 1.21 bits per heavy atom. The number of imidazole rings is 1. The molecule has 0 atom stereocenters. The van der Waals surface area contributed by atoms with Crippen molar-refractivity contribution in [3.8, 4) is 0 Å². The van der Waals surface area contributed by atoms with Crippen molar-refractivity contribution in [1.29, 1.82) is 0 Å². The maximum atomic E-state index is 12.7. The number of rotatable bonds is 8. The average Bonchev–Trinajstić information content (AvgIpc) is 3.12. The summed E-state index contributed by atoms with van der Waals surface area (Å²) in [7, 11) is 1.89. The zero-order valence-electron chi connectivity index (χ0n) is 17.8. The van der Waals surface area contributed by atoms with E-state index in [1.807, 2.05) is 35.0 Å². The fourth-order valence-corrected chi connectivity index (χ4v) is 4.86. The SMILES string of the molecule is CCCCN(C)C(=O)C1CCN(C(=O)CSc2nc3ccccc3n2CC)CC1. The predicted molar refractivity (Wildman–Crippen MR) is 118 cm³/mol. The normalized spacial score (nSPS) is 15.1. The molecule has 0 unspecified atom stereocenters. The van der Waals surface area contributed by atoms with Gasteiger partial charge in [-0.15, -0.1) is 0 Å². The number of carbonyl (C=O) groups excluding carboxylic acids is 2. The highest BCUT2D eigenvalue weighted by atomic mass is 32.2. The minimum atomic E-state index is 0.0536. The summed E-state index contributed by atoms with van der Waals surface area (Å²) in [5.74, 6) is 0.808. The topological polar surface area (TPSA) is 58.4 Å². The number of likely N-dealkylation sites (tertiary alicyclic amines) is 1. The number of amides is 2. The van der Waals surface area contributed by atoms with Gasteiger partial charge in [-0.25, -0.2) is 4.98 Å². The quantitative estimate of drug-likeness (QED) is 0.617. The number of aryl methyl sites for hydroxylation is 1. The second kappa shape index (κ2) is 10.1. The van der Waals surface area contributed by atoms with Crippen LogP contribution in [-0.4, -0.2) is 63.6 Å². The lowest BCUT2D eigenvalue weighted by Crippen LogP contribution is -2.44. The maximum Gasteiger partial charge on any atom is 0.233 e. The summed E-state index contributed by atoms with van der Waals surface area (Å²) in [6.45, 7) is 7.22. The van der Waals surface area contributed by atoms with Crippen molar-refractivity contribution in [2.45, 2.75) is 51.2 Å². The van der Waals surface area contributed by atoms with Gasteiger partial charge in [0.25, 0.3) is 0 Å². The van der Waals surface area contributed by atoms with E-state index in [9.17, 15) is 9.59 Å². The molecule has 0 radical (unpaired) electrons.